The highest BCUT2D eigenvalue weighted by Crippen LogP contribution is 2.25. The van der Waals surface area contributed by atoms with Gasteiger partial charge in [-0.25, -0.2) is 0 Å². The largest absolute Gasteiger partial charge is 0.389 e. The fraction of sp³-hybridized carbons (Fsp3) is 0.357. The molecule has 1 aromatic heterocycles. The number of nitrogens with zero attached hydrogens (tertiary/aromatic N) is 2. The maximum Gasteiger partial charge on any atom is 0.0762 e. The molecule has 0 aliphatic carbocycles. The summed E-state index contributed by atoms with van der Waals surface area (Å²) in [5.41, 5.74) is 2.19. The second-order valence-electron chi connectivity index (χ2n) is 4.24. The molecule has 0 saturated carbocycles. The lowest BCUT2D eigenvalue weighted by molar-refractivity contribution is 0.199. The molecule has 4 heteroatoms. The van der Waals surface area contributed by atoms with Gasteiger partial charge in [0.25, 0.3) is 0 Å². The highest BCUT2D eigenvalue weighted by Gasteiger charge is 2.03. The molecule has 0 radical (unpaired) electrons. The van der Waals surface area contributed by atoms with Crippen molar-refractivity contribution in [1.29, 1.82) is 0 Å². The predicted molar refractivity (Wildman–Crippen MR) is 74.5 cm³/mol. The maximum absolute atomic E-state index is 9.55. The fourth-order valence-corrected chi connectivity index (χ4v) is 2.56. The zero-order chi connectivity index (χ0) is 13.0. The molecule has 0 aliphatic rings. The van der Waals surface area contributed by atoms with Crippen molar-refractivity contribution in [3.63, 3.8) is 0 Å². The Morgan fingerprint density at radius 2 is 2.28 bits per heavy atom. The zero-order valence-electron chi connectivity index (χ0n) is 10.7. The Labute approximate surface area is 112 Å². The quantitative estimate of drug-likeness (QED) is 0.841. The second kappa shape index (κ2) is 6.07. The number of aromatic nitrogens is 2. The van der Waals surface area contributed by atoms with Crippen molar-refractivity contribution in [2.75, 3.05) is 0 Å². The van der Waals surface area contributed by atoms with Gasteiger partial charge in [-0.1, -0.05) is 12.1 Å². The van der Waals surface area contributed by atoms with E-state index in [0.29, 0.717) is 0 Å². The van der Waals surface area contributed by atoms with E-state index in [0.717, 1.165) is 17.9 Å². The van der Waals surface area contributed by atoms with E-state index in [9.17, 15) is 5.11 Å². The minimum Gasteiger partial charge on any atom is -0.389 e. The van der Waals surface area contributed by atoms with Gasteiger partial charge in [-0.15, -0.1) is 11.8 Å². The van der Waals surface area contributed by atoms with Crippen molar-refractivity contribution in [1.82, 2.24) is 9.78 Å². The van der Waals surface area contributed by atoms with Gasteiger partial charge in [-0.3, -0.25) is 4.68 Å². The Hall–Kier alpha value is -1.26. The van der Waals surface area contributed by atoms with Crippen molar-refractivity contribution in [3.05, 3.63) is 47.8 Å². The first kappa shape index (κ1) is 13.2. The average Bonchev–Trinajstić information content (AvgIpc) is 2.84. The van der Waals surface area contributed by atoms with E-state index in [1.54, 1.807) is 18.7 Å². The van der Waals surface area contributed by atoms with Crippen molar-refractivity contribution in [2.45, 2.75) is 37.1 Å². The molecular weight excluding hydrogens is 244 g/mol. The van der Waals surface area contributed by atoms with Crippen molar-refractivity contribution < 1.29 is 5.11 Å². The third kappa shape index (κ3) is 3.37. The van der Waals surface area contributed by atoms with Gasteiger partial charge in [-0.05, 0) is 31.5 Å². The van der Waals surface area contributed by atoms with Crippen LogP contribution < -0.4 is 0 Å². The summed E-state index contributed by atoms with van der Waals surface area (Å²) in [5.74, 6) is 0.906. The molecule has 0 spiro atoms. The Morgan fingerprint density at radius 1 is 1.44 bits per heavy atom. The monoisotopic (exact) mass is 262 g/mol. The van der Waals surface area contributed by atoms with Crippen LogP contribution in [0.25, 0.3) is 0 Å². The Morgan fingerprint density at radius 3 is 2.94 bits per heavy atom. The predicted octanol–water partition coefficient (Wildman–Crippen LogP) is 3.25. The van der Waals surface area contributed by atoms with Crippen molar-refractivity contribution in [2.24, 2.45) is 0 Å². The van der Waals surface area contributed by atoms with Gasteiger partial charge < -0.3 is 5.11 Å². The van der Waals surface area contributed by atoms with Gasteiger partial charge in [0.05, 0.1) is 12.3 Å². The number of aliphatic hydroxyl groups is 1. The Balaban J connectivity index is 1.99. The first-order valence-electron chi connectivity index (χ1n) is 6.11. The van der Waals surface area contributed by atoms with Crippen LogP contribution in [0.3, 0.4) is 0 Å². The van der Waals surface area contributed by atoms with Crippen LogP contribution in [0, 0.1) is 0 Å². The Bertz CT molecular complexity index is 508. The lowest BCUT2D eigenvalue weighted by atomic mass is 10.1. The number of aryl methyl sites for hydroxylation is 1. The normalized spacial score (nSPS) is 12.6. The van der Waals surface area contributed by atoms with Crippen molar-refractivity contribution in [3.8, 4) is 0 Å². The number of benzene rings is 1. The van der Waals surface area contributed by atoms with Gasteiger partial charge in [0.15, 0.2) is 0 Å². The summed E-state index contributed by atoms with van der Waals surface area (Å²) in [7, 11) is 0. The van der Waals surface area contributed by atoms with E-state index in [-0.39, 0.29) is 0 Å². The third-order valence-corrected chi connectivity index (χ3v) is 3.82. The molecular formula is C14H18N2OS. The molecule has 96 valence electrons. The number of hydrogen-bond donors (Lipinski definition) is 1. The SMILES string of the molecule is CCn1cc(CSc2cccc(C(C)O)c2)cn1. The average molecular weight is 262 g/mol. The molecule has 0 amide bonds. The summed E-state index contributed by atoms with van der Waals surface area (Å²) in [5, 5.41) is 13.8. The van der Waals surface area contributed by atoms with Gasteiger partial charge >= 0.3 is 0 Å². The van der Waals surface area contributed by atoms with Crippen LogP contribution in [0.15, 0.2) is 41.6 Å². The third-order valence-electron chi connectivity index (χ3n) is 2.76. The van der Waals surface area contributed by atoms with Gasteiger partial charge in [-0.2, -0.15) is 5.10 Å². The van der Waals surface area contributed by atoms with Gasteiger partial charge in [0.2, 0.25) is 0 Å². The molecule has 0 fully saturated rings. The fourth-order valence-electron chi connectivity index (χ4n) is 1.68. The van der Waals surface area contributed by atoms with Crippen LogP contribution in [0.5, 0.6) is 0 Å². The zero-order valence-corrected chi connectivity index (χ0v) is 11.5. The summed E-state index contributed by atoms with van der Waals surface area (Å²) in [6.07, 6.45) is 3.58. The highest BCUT2D eigenvalue weighted by atomic mass is 32.2. The maximum atomic E-state index is 9.55. The standard InChI is InChI=1S/C14H18N2OS/c1-3-16-9-12(8-15-16)10-18-14-6-4-5-13(7-14)11(2)17/h4-9,11,17H,3,10H2,1-2H3. The second-order valence-corrected chi connectivity index (χ2v) is 5.29. The van der Waals surface area contributed by atoms with Crippen LogP contribution in [-0.4, -0.2) is 14.9 Å². The lowest BCUT2D eigenvalue weighted by Crippen LogP contribution is -1.92. The Kier molecular flexibility index (Phi) is 4.44. The van der Waals surface area contributed by atoms with E-state index in [4.69, 9.17) is 0 Å². The first-order chi connectivity index (χ1) is 8.69. The lowest BCUT2D eigenvalue weighted by Gasteiger charge is -2.06. The molecule has 18 heavy (non-hydrogen) atoms. The van der Waals surface area contributed by atoms with Crippen molar-refractivity contribution >= 4 is 11.8 Å². The van der Waals surface area contributed by atoms with Gasteiger partial charge in [0, 0.05) is 29.0 Å². The minimum absolute atomic E-state index is 0.409. The molecule has 1 N–H and O–H groups in total. The van der Waals surface area contributed by atoms with Crippen LogP contribution in [0.1, 0.15) is 31.1 Å². The summed E-state index contributed by atoms with van der Waals surface area (Å²) >= 11 is 1.76. The van der Waals surface area contributed by atoms with E-state index in [2.05, 4.69) is 24.3 Å². The van der Waals surface area contributed by atoms with Crippen LogP contribution >= 0.6 is 11.8 Å². The molecule has 2 rings (SSSR count). The summed E-state index contributed by atoms with van der Waals surface area (Å²) in [6, 6.07) is 8.05. The number of rotatable bonds is 5. The number of thioether (sulfide) groups is 1. The molecule has 0 saturated heterocycles. The molecule has 1 heterocycles. The van der Waals surface area contributed by atoms with Crippen LogP contribution in [0.2, 0.25) is 0 Å². The van der Waals surface area contributed by atoms with Crippen LogP contribution in [0.4, 0.5) is 0 Å². The van der Waals surface area contributed by atoms with E-state index < -0.39 is 6.10 Å². The van der Waals surface area contributed by atoms with E-state index >= 15 is 0 Å². The summed E-state index contributed by atoms with van der Waals surface area (Å²) in [6.45, 7) is 4.77. The van der Waals surface area contributed by atoms with E-state index in [1.165, 1.54) is 10.5 Å². The number of hydrogen-bond acceptors (Lipinski definition) is 3. The smallest absolute Gasteiger partial charge is 0.0762 e. The first-order valence-corrected chi connectivity index (χ1v) is 7.09. The molecule has 1 unspecified atom stereocenters. The molecule has 0 aliphatic heterocycles. The molecule has 1 aromatic carbocycles. The molecule has 2 aromatic rings. The van der Waals surface area contributed by atoms with E-state index in [1.807, 2.05) is 29.1 Å². The minimum atomic E-state index is -0.409. The molecule has 1 atom stereocenters. The van der Waals surface area contributed by atoms with Gasteiger partial charge in [0.1, 0.15) is 0 Å². The topological polar surface area (TPSA) is 38.0 Å². The highest BCUT2D eigenvalue weighted by molar-refractivity contribution is 7.98. The summed E-state index contributed by atoms with van der Waals surface area (Å²) in [4.78, 5) is 1.18. The van der Waals surface area contributed by atoms with Crippen LogP contribution in [-0.2, 0) is 12.3 Å². The summed E-state index contributed by atoms with van der Waals surface area (Å²) < 4.78 is 1.93. The molecule has 3 nitrogen and oxygen atoms in total. The molecule has 0 bridgehead atoms. The number of aliphatic hydroxyl groups excluding tert-OH is 1.